The summed E-state index contributed by atoms with van der Waals surface area (Å²) in [7, 11) is -2.59. The van der Waals surface area contributed by atoms with Crippen LogP contribution in [-0.4, -0.2) is 51.4 Å². The van der Waals surface area contributed by atoms with Gasteiger partial charge in [-0.3, -0.25) is 13.9 Å². The first-order chi connectivity index (χ1) is 19.2. The smallest absolute Gasteiger partial charge is 0.264 e. The molecule has 0 aliphatic carbocycles. The van der Waals surface area contributed by atoms with Crippen LogP contribution >= 0.6 is 11.6 Å². The predicted molar refractivity (Wildman–Crippen MR) is 158 cm³/mol. The number of anilines is 1. The topological polar surface area (TPSA) is 96.0 Å². The molecule has 8 nitrogen and oxygen atoms in total. The summed E-state index contributed by atoms with van der Waals surface area (Å²) in [6.07, 6.45) is 2.08. The summed E-state index contributed by atoms with van der Waals surface area (Å²) < 4.78 is 34.0. The Morgan fingerprint density at radius 3 is 2.30 bits per heavy atom. The summed E-state index contributed by atoms with van der Waals surface area (Å²) in [5.74, 6) is -0.178. The molecule has 0 aliphatic rings. The van der Waals surface area contributed by atoms with Crippen LogP contribution < -0.4 is 14.4 Å². The van der Waals surface area contributed by atoms with Crippen molar-refractivity contribution in [2.45, 2.75) is 50.6 Å². The summed E-state index contributed by atoms with van der Waals surface area (Å²) in [5, 5.41) is 3.32. The van der Waals surface area contributed by atoms with Gasteiger partial charge in [0.1, 0.15) is 18.3 Å². The van der Waals surface area contributed by atoms with Gasteiger partial charge in [-0.05, 0) is 66.9 Å². The molecule has 0 saturated carbocycles. The van der Waals surface area contributed by atoms with Gasteiger partial charge < -0.3 is 15.0 Å². The van der Waals surface area contributed by atoms with Crippen LogP contribution in [0.2, 0.25) is 5.02 Å². The first kappa shape index (κ1) is 31.0. The number of unbranched alkanes of at least 4 members (excludes halogenated alkanes) is 1. The molecule has 1 N–H and O–H groups in total. The standard InChI is InChI=1S/C30H36ClN3O5S/c1-4-6-19-32-30(36)28(5-2)33(21-23-11-10-14-26(20-23)39-3)29(35)22-34(25-12-8-7-9-13-25)40(37,38)27-17-15-24(31)16-18-27/h7-18,20,28H,4-6,19,21-22H2,1-3H3,(H,32,36)/t28-/m1/s1. The van der Waals surface area contributed by atoms with Crippen molar-refractivity contribution in [1.29, 1.82) is 0 Å². The molecule has 0 aliphatic heterocycles. The summed E-state index contributed by atoms with van der Waals surface area (Å²) in [6.45, 7) is 3.95. The predicted octanol–water partition coefficient (Wildman–Crippen LogP) is 5.27. The van der Waals surface area contributed by atoms with E-state index in [1.54, 1.807) is 55.6 Å². The van der Waals surface area contributed by atoms with E-state index in [1.807, 2.05) is 19.9 Å². The molecule has 2 amide bonds. The van der Waals surface area contributed by atoms with Crippen LogP contribution in [0.5, 0.6) is 5.75 Å². The quantitative estimate of drug-likeness (QED) is 0.260. The molecule has 0 bridgehead atoms. The van der Waals surface area contributed by atoms with Gasteiger partial charge in [-0.2, -0.15) is 0 Å². The Labute approximate surface area is 241 Å². The number of hydrogen-bond acceptors (Lipinski definition) is 5. The highest BCUT2D eigenvalue weighted by Crippen LogP contribution is 2.26. The zero-order chi connectivity index (χ0) is 29.1. The second-order valence-electron chi connectivity index (χ2n) is 9.24. The third kappa shape index (κ3) is 7.99. The maximum Gasteiger partial charge on any atom is 0.264 e. The SMILES string of the molecule is CCCCNC(=O)[C@@H](CC)N(Cc1cccc(OC)c1)C(=O)CN(c1ccccc1)S(=O)(=O)c1ccc(Cl)cc1. The van der Waals surface area contributed by atoms with Crippen molar-refractivity contribution in [3.05, 3.63) is 89.4 Å². The Hall–Kier alpha value is -3.56. The number of amides is 2. The van der Waals surface area contributed by atoms with Crippen molar-refractivity contribution >= 4 is 39.1 Å². The van der Waals surface area contributed by atoms with Crippen LogP contribution in [0, 0.1) is 0 Å². The first-order valence-electron chi connectivity index (χ1n) is 13.2. The van der Waals surface area contributed by atoms with E-state index in [0.717, 1.165) is 22.7 Å². The third-order valence-electron chi connectivity index (χ3n) is 6.43. The van der Waals surface area contributed by atoms with Crippen molar-refractivity contribution in [3.63, 3.8) is 0 Å². The maximum atomic E-state index is 14.0. The lowest BCUT2D eigenvalue weighted by atomic mass is 10.1. The highest BCUT2D eigenvalue weighted by atomic mass is 35.5. The number of carbonyl (C=O) groups is 2. The highest BCUT2D eigenvalue weighted by molar-refractivity contribution is 7.92. The fourth-order valence-corrected chi connectivity index (χ4v) is 5.79. The molecule has 0 fully saturated rings. The molecule has 0 aromatic heterocycles. The van der Waals surface area contributed by atoms with Gasteiger partial charge in [0, 0.05) is 18.1 Å². The van der Waals surface area contributed by atoms with Gasteiger partial charge in [-0.25, -0.2) is 8.42 Å². The fourth-order valence-electron chi connectivity index (χ4n) is 4.25. The van der Waals surface area contributed by atoms with Gasteiger partial charge >= 0.3 is 0 Å². The zero-order valence-electron chi connectivity index (χ0n) is 23.0. The van der Waals surface area contributed by atoms with E-state index in [4.69, 9.17) is 16.3 Å². The summed E-state index contributed by atoms with van der Waals surface area (Å²) >= 11 is 5.99. The van der Waals surface area contributed by atoms with E-state index >= 15 is 0 Å². The molecule has 3 rings (SSSR count). The van der Waals surface area contributed by atoms with E-state index < -0.39 is 28.5 Å². The lowest BCUT2D eigenvalue weighted by Crippen LogP contribution is -2.52. The minimum atomic E-state index is -4.15. The number of halogens is 1. The number of benzene rings is 3. The van der Waals surface area contributed by atoms with Gasteiger partial charge in [0.25, 0.3) is 10.0 Å². The van der Waals surface area contributed by atoms with Crippen LogP contribution in [0.3, 0.4) is 0 Å². The van der Waals surface area contributed by atoms with Gasteiger partial charge in [0.15, 0.2) is 0 Å². The summed E-state index contributed by atoms with van der Waals surface area (Å²) in [4.78, 5) is 28.7. The van der Waals surface area contributed by atoms with Crippen LogP contribution in [0.1, 0.15) is 38.7 Å². The maximum absolute atomic E-state index is 14.0. The normalized spacial score (nSPS) is 11.9. The van der Waals surface area contributed by atoms with Crippen LogP contribution in [0.4, 0.5) is 5.69 Å². The van der Waals surface area contributed by atoms with Crippen LogP contribution in [0.15, 0.2) is 83.8 Å². The lowest BCUT2D eigenvalue weighted by Gasteiger charge is -2.33. The molecule has 0 radical (unpaired) electrons. The molecular weight excluding hydrogens is 550 g/mol. The first-order valence-corrected chi connectivity index (χ1v) is 15.1. The van der Waals surface area contributed by atoms with Gasteiger partial charge in [-0.15, -0.1) is 0 Å². The lowest BCUT2D eigenvalue weighted by molar-refractivity contribution is -0.140. The molecule has 0 spiro atoms. The average molecular weight is 586 g/mol. The molecule has 0 unspecified atom stereocenters. The van der Waals surface area contributed by atoms with E-state index in [9.17, 15) is 18.0 Å². The van der Waals surface area contributed by atoms with Gasteiger partial charge in [0.05, 0.1) is 17.7 Å². The average Bonchev–Trinajstić information content (AvgIpc) is 2.96. The van der Waals surface area contributed by atoms with Crippen molar-refractivity contribution in [1.82, 2.24) is 10.2 Å². The molecule has 40 heavy (non-hydrogen) atoms. The molecule has 3 aromatic rings. The van der Waals surface area contributed by atoms with Gasteiger partial charge in [0.2, 0.25) is 11.8 Å². The molecule has 0 saturated heterocycles. The second-order valence-corrected chi connectivity index (χ2v) is 11.5. The van der Waals surface area contributed by atoms with Crippen molar-refractivity contribution in [3.8, 4) is 5.75 Å². The van der Waals surface area contributed by atoms with E-state index in [-0.39, 0.29) is 17.3 Å². The number of sulfonamides is 1. The van der Waals surface area contributed by atoms with Crippen molar-refractivity contribution in [2.75, 3.05) is 24.5 Å². The number of hydrogen-bond donors (Lipinski definition) is 1. The molecule has 0 heterocycles. The zero-order valence-corrected chi connectivity index (χ0v) is 24.6. The monoisotopic (exact) mass is 585 g/mol. The Morgan fingerprint density at radius 2 is 1.68 bits per heavy atom. The van der Waals surface area contributed by atoms with Crippen LogP contribution in [0.25, 0.3) is 0 Å². The minimum absolute atomic E-state index is 0.00255. The number of nitrogens with zero attached hydrogens (tertiary/aromatic N) is 2. The second kappa shape index (κ2) is 14.7. The number of para-hydroxylation sites is 1. The molecule has 3 aromatic carbocycles. The van der Waals surface area contributed by atoms with Crippen molar-refractivity contribution in [2.24, 2.45) is 0 Å². The molecular formula is C30H36ClN3O5S. The minimum Gasteiger partial charge on any atom is -0.497 e. The Bertz CT molecular complexity index is 1370. The number of nitrogens with one attached hydrogen (secondary N) is 1. The van der Waals surface area contributed by atoms with Gasteiger partial charge in [-0.1, -0.05) is 62.2 Å². The number of methoxy groups -OCH3 is 1. The number of carbonyl (C=O) groups excluding carboxylic acids is 2. The highest BCUT2D eigenvalue weighted by Gasteiger charge is 2.33. The Kier molecular flexibility index (Phi) is 11.4. The summed E-state index contributed by atoms with van der Waals surface area (Å²) in [6, 6.07) is 20.6. The Balaban J connectivity index is 2.01. The van der Waals surface area contributed by atoms with Crippen LogP contribution in [-0.2, 0) is 26.2 Å². The van der Waals surface area contributed by atoms with E-state index in [0.29, 0.717) is 29.4 Å². The number of rotatable bonds is 14. The molecule has 10 heteroatoms. The van der Waals surface area contributed by atoms with Crippen molar-refractivity contribution < 1.29 is 22.7 Å². The fraction of sp³-hybridized carbons (Fsp3) is 0.333. The number of ether oxygens (including phenoxy) is 1. The van der Waals surface area contributed by atoms with E-state index in [1.165, 1.54) is 29.2 Å². The third-order valence-corrected chi connectivity index (χ3v) is 8.47. The molecule has 1 atom stereocenters. The Morgan fingerprint density at radius 1 is 0.975 bits per heavy atom. The van der Waals surface area contributed by atoms with E-state index in [2.05, 4.69) is 5.32 Å². The largest absolute Gasteiger partial charge is 0.497 e. The molecule has 214 valence electrons. The summed E-state index contributed by atoms with van der Waals surface area (Å²) in [5.41, 5.74) is 1.08.